The fourth-order valence-electron chi connectivity index (χ4n) is 3.51. The molecular weight excluding hydrogens is 439 g/mol. The van der Waals surface area contributed by atoms with E-state index in [1.807, 2.05) is 6.92 Å². The van der Waals surface area contributed by atoms with Gasteiger partial charge < -0.3 is 20.1 Å². The molecule has 1 saturated heterocycles. The topological polar surface area (TPSA) is 110 Å². The van der Waals surface area contributed by atoms with Crippen LogP contribution in [0, 0.1) is 12.7 Å². The number of pyridine rings is 1. The molecule has 0 radical (unpaired) electrons. The summed E-state index contributed by atoms with van der Waals surface area (Å²) >= 11 is 0. The molecule has 0 bridgehead atoms. The summed E-state index contributed by atoms with van der Waals surface area (Å²) in [5.41, 5.74) is 1.50. The number of halogens is 1. The standard InChI is InChI=1S/C21H27FN4O5S/c1-4-32(28,29)26-12-20(10-18(26)13-30-3)31-19-8-15(22)7-17(9-19)25-21(27)24-16-6-5-14(2)23-11-16/h5-9,11,18,20H,4,10,12-13H2,1-3H3,(H2,24,25,27)/t18-,20+/m0/s1. The van der Waals surface area contributed by atoms with Gasteiger partial charge in [0.25, 0.3) is 0 Å². The highest BCUT2D eigenvalue weighted by atomic mass is 32.2. The Labute approximate surface area is 187 Å². The average Bonchev–Trinajstić information content (AvgIpc) is 3.12. The molecule has 0 spiro atoms. The second-order valence-electron chi connectivity index (χ2n) is 7.50. The molecule has 1 aliphatic rings. The van der Waals surface area contributed by atoms with Crippen molar-refractivity contribution >= 4 is 27.4 Å². The minimum Gasteiger partial charge on any atom is -0.489 e. The number of methoxy groups -OCH3 is 1. The number of aryl methyl sites for hydroxylation is 1. The molecule has 2 aromatic rings. The van der Waals surface area contributed by atoms with Gasteiger partial charge in [-0.05, 0) is 32.0 Å². The zero-order valence-electron chi connectivity index (χ0n) is 18.2. The zero-order chi connectivity index (χ0) is 23.3. The fourth-order valence-corrected chi connectivity index (χ4v) is 4.84. The molecule has 1 aromatic carbocycles. The first-order chi connectivity index (χ1) is 15.2. The molecule has 1 aromatic heterocycles. The number of urea groups is 1. The number of hydrogen-bond acceptors (Lipinski definition) is 6. The van der Waals surface area contributed by atoms with Gasteiger partial charge in [0.1, 0.15) is 17.7 Å². The van der Waals surface area contributed by atoms with Crippen LogP contribution in [0.25, 0.3) is 0 Å². The Hall–Kier alpha value is -2.76. The van der Waals surface area contributed by atoms with Crippen molar-refractivity contribution < 1.29 is 27.1 Å². The molecule has 2 amide bonds. The lowest BCUT2D eigenvalue weighted by molar-refractivity contribution is 0.147. The molecule has 0 saturated carbocycles. The van der Waals surface area contributed by atoms with E-state index in [-0.39, 0.29) is 36.4 Å². The highest BCUT2D eigenvalue weighted by Crippen LogP contribution is 2.28. The first-order valence-electron chi connectivity index (χ1n) is 10.2. The molecule has 0 aliphatic carbocycles. The highest BCUT2D eigenvalue weighted by molar-refractivity contribution is 7.89. The number of rotatable bonds is 8. The molecule has 11 heteroatoms. The van der Waals surface area contributed by atoms with Gasteiger partial charge in [0.15, 0.2) is 0 Å². The Bertz CT molecular complexity index is 1050. The van der Waals surface area contributed by atoms with Crippen LogP contribution in [0.1, 0.15) is 19.0 Å². The summed E-state index contributed by atoms with van der Waals surface area (Å²) in [7, 11) is -1.92. The molecule has 3 rings (SSSR count). The molecule has 1 fully saturated rings. The van der Waals surface area contributed by atoms with Crippen molar-refractivity contribution in [2.45, 2.75) is 32.4 Å². The zero-order valence-corrected chi connectivity index (χ0v) is 19.0. The minimum absolute atomic E-state index is 0.0282. The summed E-state index contributed by atoms with van der Waals surface area (Å²) < 4.78 is 51.3. The van der Waals surface area contributed by atoms with Gasteiger partial charge in [0.05, 0.1) is 36.8 Å². The fraction of sp³-hybridized carbons (Fsp3) is 0.429. The van der Waals surface area contributed by atoms with Crippen LogP contribution in [0.15, 0.2) is 36.5 Å². The maximum Gasteiger partial charge on any atom is 0.323 e. The Kier molecular flexibility index (Phi) is 7.64. The summed E-state index contributed by atoms with van der Waals surface area (Å²) in [6, 6.07) is 6.38. The van der Waals surface area contributed by atoms with Gasteiger partial charge in [-0.2, -0.15) is 4.31 Å². The lowest BCUT2D eigenvalue weighted by Gasteiger charge is -2.22. The lowest BCUT2D eigenvalue weighted by Crippen LogP contribution is -2.39. The van der Waals surface area contributed by atoms with Crippen molar-refractivity contribution in [3.63, 3.8) is 0 Å². The molecular formula is C21H27FN4O5S. The molecule has 1 aliphatic heterocycles. The van der Waals surface area contributed by atoms with Gasteiger partial charge in [-0.25, -0.2) is 17.6 Å². The predicted octanol–water partition coefficient (Wildman–Crippen LogP) is 2.99. The van der Waals surface area contributed by atoms with E-state index < -0.39 is 28.0 Å². The van der Waals surface area contributed by atoms with Gasteiger partial charge >= 0.3 is 6.03 Å². The van der Waals surface area contributed by atoms with Crippen molar-refractivity contribution in [1.82, 2.24) is 9.29 Å². The second-order valence-corrected chi connectivity index (χ2v) is 9.71. The number of carbonyl (C=O) groups is 1. The van der Waals surface area contributed by atoms with Gasteiger partial charge in [-0.1, -0.05) is 0 Å². The summed E-state index contributed by atoms with van der Waals surface area (Å²) in [5, 5.41) is 5.17. The van der Waals surface area contributed by atoms with Crippen molar-refractivity contribution in [3.05, 3.63) is 48.0 Å². The lowest BCUT2D eigenvalue weighted by atomic mass is 10.2. The number of anilines is 2. The van der Waals surface area contributed by atoms with Gasteiger partial charge in [0.2, 0.25) is 10.0 Å². The molecule has 2 N–H and O–H groups in total. The quantitative estimate of drug-likeness (QED) is 0.619. The first-order valence-corrected chi connectivity index (χ1v) is 11.8. The number of benzene rings is 1. The average molecular weight is 467 g/mol. The van der Waals surface area contributed by atoms with E-state index in [4.69, 9.17) is 9.47 Å². The summed E-state index contributed by atoms with van der Waals surface area (Å²) in [6.07, 6.45) is 1.45. The second kappa shape index (κ2) is 10.2. The van der Waals surface area contributed by atoms with Crippen molar-refractivity contribution in [2.24, 2.45) is 0 Å². The van der Waals surface area contributed by atoms with Crippen LogP contribution >= 0.6 is 0 Å². The van der Waals surface area contributed by atoms with Crippen LogP contribution in [0.4, 0.5) is 20.6 Å². The number of ether oxygens (including phenoxy) is 2. The van der Waals surface area contributed by atoms with E-state index in [0.717, 1.165) is 11.8 Å². The van der Waals surface area contributed by atoms with Crippen molar-refractivity contribution in [3.8, 4) is 5.75 Å². The third-order valence-electron chi connectivity index (χ3n) is 5.01. The number of nitrogens with one attached hydrogen (secondary N) is 2. The van der Waals surface area contributed by atoms with E-state index in [1.54, 1.807) is 19.1 Å². The third kappa shape index (κ3) is 6.15. The summed E-state index contributed by atoms with van der Waals surface area (Å²) in [4.78, 5) is 16.3. The predicted molar refractivity (Wildman–Crippen MR) is 119 cm³/mol. The molecule has 0 unspecified atom stereocenters. The Morgan fingerprint density at radius 1 is 1.25 bits per heavy atom. The monoisotopic (exact) mass is 466 g/mol. The first kappa shape index (κ1) is 23.9. The number of hydrogen-bond donors (Lipinski definition) is 2. The highest BCUT2D eigenvalue weighted by Gasteiger charge is 2.39. The van der Waals surface area contributed by atoms with Crippen molar-refractivity contribution in [2.75, 3.05) is 36.6 Å². The van der Waals surface area contributed by atoms with Crippen LogP contribution in [0.2, 0.25) is 0 Å². The van der Waals surface area contributed by atoms with E-state index in [2.05, 4.69) is 15.6 Å². The molecule has 32 heavy (non-hydrogen) atoms. The maximum atomic E-state index is 14.2. The maximum absolute atomic E-state index is 14.2. The normalized spacial score (nSPS) is 19.0. The molecule has 9 nitrogen and oxygen atoms in total. The van der Waals surface area contributed by atoms with E-state index in [9.17, 15) is 17.6 Å². The summed E-state index contributed by atoms with van der Waals surface area (Å²) in [5.74, 6) is -0.437. The molecule has 2 heterocycles. The third-order valence-corrected chi connectivity index (χ3v) is 6.90. The van der Waals surface area contributed by atoms with Crippen LogP contribution in [0.3, 0.4) is 0 Å². The number of amides is 2. The largest absolute Gasteiger partial charge is 0.489 e. The van der Waals surface area contributed by atoms with Gasteiger partial charge in [-0.3, -0.25) is 4.98 Å². The molecule has 174 valence electrons. The van der Waals surface area contributed by atoms with Crippen LogP contribution in [-0.2, 0) is 14.8 Å². The SMILES string of the molecule is CCS(=O)(=O)N1C[C@H](Oc2cc(F)cc(NC(=O)Nc3ccc(C)nc3)c2)C[C@H]1COC. The van der Waals surface area contributed by atoms with E-state index in [0.29, 0.717) is 12.1 Å². The number of nitrogens with zero attached hydrogens (tertiary/aromatic N) is 2. The Morgan fingerprint density at radius 3 is 2.66 bits per heavy atom. The number of carbonyl (C=O) groups excluding carboxylic acids is 1. The van der Waals surface area contributed by atoms with Crippen LogP contribution in [-0.4, -0.2) is 61.9 Å². The van der Waals surface area contributed by atoms with Crippen molar-refractivity contribution in [1.29, 1.82) is 0 Å². The van der Waals surface area contributed by atoms with Crippen LogP contribution < -0.4 is 15.4 Å². The smallest absolute Gasteiger partial charge is 0.323 e. The van der Waals surface area contributed by atoms with Crippen LogP contribution in [0.5, 0.6) is 5.75 Å². The minimum atomic E-state index is -3.43. The van der Waals surface area contributed by atoms with Gasteiger partial charge in [-0.15, -0.1) is 0 Å². The number of aromatic nitrogens is 1. The van der Waals surface area contributed by atoms with E-state index >= 15 is 0 Å². The summed E-state index contributed by atoms with van der Waals surface area (Å²) in [6.45, 7) is 3.79. The molecule has 2 atom stereocenters. The Balaban J connectivity index is 1.67. The Morgan fingerprint density at radius 2 is 2.00 bits per heavy atom. The number of sulfonamides is 1. The van der Waals surface area contributed by atoms with E-state index in [1.165, 1.54) is 29.7 Å². The van der Waals surface area contributed by atoms with Gasteiger partial charge in [0, 0.05) is 37.0 Å².